The quantitative estimate of drug-likeness (QED) is 0.797. The Morgan fingerprint density at radius 1 is 1.03 bits per heavy atom. The standard InChI is InChI=1S/C25H34N6O/c1-29-10-12-30(13-11-29)23-16-22(27-25(26)28-23)20-7-6-19-8-9-31(17-21(19)15-20)24(32)14-18-4-2-3-5-18/h6-7,15-16,18H,2-5,8-14,17H2,1H3,(H2,26,27,28). The number of carbonyl (C=O) groups excluding carboxylic acids is 1. The summed E-state index contributed by atoms with van der Waals surface area (Å²) in [5, 5.41) is 0. The summed E-state index contributed by atoms with van der Waals surface area (Å²) >= 11 is 0. The van der Waals surface area contributed by atoms with Gasteiger partial charge in [-0.05, 0) is 49.4 Å². The molecule has 0 unspecified atom stereocenters. The highest BCUT2D eigenvalue weighted by Gasteiger charge is 2.25. The largest absolute Gasteiger partial charge is 0.368 e. The van der Waals surface area contributed by atoms with E-state index in [1.54, 1.807) is 0 Å². The number of likely N-dealkylation sites (N-methyl/N-ethyl adjacent to an activating group) is 1. The maximum Gasteiger partial charge on any atom is 0.223 e. The van der Waals surface area contributed by atoms with E-state index in [1.165, 1.54) is 36.8 Å². The van der Waals surface area contributed by atoms with E-state index in [1.807, 2.05) is 0 Å². The van der Waals surface area contributed by atoms with Gasteiger partial charge >= 0.3 is 0 Å². The molecule has 0 atom stereocenters. The lowest BCUT2D eigenvalue weighted by Crippen LogP contribution is -2.44. The molecule has 3 aliphatic rings. The molecule has 170 valence electrons. The first kappa shape index (κ1) is 21.2. The van der Waals surface area contributed by atoms with Crippen LogP contribution in [0.25, 0.3) is 11.3 Å². The predicted molar refractivity (Wildman–Crippen MR) is 127 cm³/mol. The van der Waals surface area contributed by atoms with Gasteiger partial charge in [-0.15, -0.1) is 0 Å². The van der Waals surface area contributed by atoms with E-state index in [2.05, 4.69) is 56.0 Å². The van der Waals surface area contributed by atoms with E-state index < -0.39 is 0 Å². The Kier molecular flexibility index (Phi) is 6.00. The second kappa shape index (κ2) is 9.06. The van der Waals surface area contributed by atoms with Crippen LogP contribution in [0.5, 0.6) is 0 Å². The zero-order valence-electron chi connectivity index (χ0n) is 19.1. The summed E-state index contributed by atoms with van der Waals surface area (Å²) in [6, 6.07) is 8.57. The highest BCUT2D eigenvalue weighted by molar-refractivity contribution is 5.77. The van der Waals surface area contributed by atoms with Crippen LogP contribution in [0.4, 0.5) is 11.8 Å². The Labute approximate surface area is 190 Å². The Balaban J connectivity index is 1.34. The van der Waals surface area contributed by atoms with Gasteiger partial charge in [0.05, 0.1) is 5.69 Å². The Morgan fingerprint density at radius 2 is 1.81 bits per heavy atom. The molecule has 5 rings (SSSR count). The van der Waals surface area contributed by atoms with Crippen molar-refractivity contribution in [2.75, 3.05) is 50.4 Å². The van der Waals surface area contributed by atoms with E-state index in [-0.39, 0.29) is 0 Å². The molecule has 0 bridgehead atoms. The van der Waals surface area contributed by atoms with Gasteiger partial charge in [0.25, 0.3) is 0 Å². The van der Waals surface area contributed by atoms with Crippen molar-refractivity contribution < 1.29 is 4.79 Å². The molecule has 2 N–H and O–H groups in total. The molecule has 1 saturated carbocycles. The SMILES string of the molecule is CN1CCN(c2cc(-c3ccc4c(c3)CN(C(=O)CC3CCCC3)CC4)nc(N)n2)CC1. The Morgan fingerprint density at radius 3 is 2.59 bits per heavy atom. The Hall–Kier alpha value is -2.67. The minimum absolute atomic E-state index is 0.308. The van der Waals surface area contributed by atoms with Gasteiger partial charge in [-0.1, -0.05) is 25.0 Å². The molecular weight excluding hydrogens is 400 g/mol. The third-order valence-corrected chi connectivity index (χ3v) is 7.36. The van der Waals surface area contributed by atoms with Crippen LogP contribution in [-0.4, -0.2) is 65.4 Å². The molecule has 1 aromatic carbocycles. The van der Waals surface area contributed by atoms with Crippen molar-refractivity contribution in [3.8, 4) is 11.3 Å². The van der Waals surface area contributed by atoms with Crippen LogP contribution < -0.4 is 10.6 Å². The molecule has 1 saturated heterocycles. The van der Waals surface area contributed by atoms with E-state index in [4.69, 9.17) is 5.73 Å². The monoisotopic (exact) mass is 434 g/mol. The molecule has 7 heteroatoms. The molecule has 3 heterocycles. The smallest absolute Gasteiger partial charge is 0.223 e. The number of anilines is 2. The average molecular weight is 435 g/mol. The lowest BCUT2D eigenvalue weighted by Gasteiger charge is -2.33. The number of carbonyl (C=O) groups is 1. The number of benzene rings is 1. The number of fused-ring (bicyclic) bond motifs is 1. The fraction of sp³-hybridized carbons (Fsp3) is 0.560. The third kappa shape index (κ3) is 4.58. The van der Waals surface area contributed by atoms with Crippen LogP contribution in [0.1, 0.15) is 43.2 Å². The molecule has 1 aliphatic carbocycles. The van der Waals surface area contributed by atoms with E-state index in [0.29, 0.717) is 30.7 Å². The van der Waals surface area contributed by atoms with Crippen LogP contribution in [0.3, 0.4) is 0 Å². The van der Waals surface area contributed by atoms with Gasteiger partial charge < -0.3 is 20.4 Å². The molecule has 2 fully saturated rings. The summed E-state index contributed by atoms with van der Waals surface area (Å²) in [6.07, 6.45) is 6.62. The molecule has 2 aliphatic heterocycles. The summed E-state index contributed by atoms with van der Waals surface area (Å²) < 4.78 is 0. The van der Waals surface area contributed by atoms with E-state index in [9.17, 15) is 4.79 Å². The first-order chi connectivity index (χ1) is 15.5. The van der Waals surface area contributed by atoms with Crippen molar-refractivity contribution in [1.82, 2.24) is 19.8 Å². The van der Waals surface area contributed by atoms with Crippen molar-refractivity contribution in [3.05, 3.63) is 35.4 Å². The number of piperazine rings is 1. The summed E-state index contributed by atoms with van der Waals surface area (Å²) in [5.41, 5.74) is 10.5. The summed E-state index contributed by atoms with van der Waals surface area (Å²) in [6.45, 7) is 5.43. The number of nitrogens with two attached hydrogens (primary N) is 1. The molecule has 1 amide bonds. The van der Waals surface area contributed by atoms with Gasteiger partial charge in [0.1, 0.15) is 5.82 Å². The van der Waals surface area contributed by atoms with Crippen molar-refractivity contribution in [1.29, 1.82) is 0 Å². The maximum absolute atomic E-state index is 12.9. The first-order valence-electron chi connectivity index (χ1n) is 12.0. The second-order valence-electron chi connectivity index (χ2n) is 9.66. The maximum atomic E-state index is 12.9. The summed E-state index contributed by atoms with van der Waals surface area (Å²) in [5.74, 6) is 2.11. The van der Waals surface area contributed by atoms with Gasteiger partial charge in [-0.2, -0.15) is 4.98 Å². The minimum atomic E-state index is 0.308. The van der Waals surface area contributed by atoms with E-state index >= 15 is 0 Å². The van der Waals surface area contributed by atoms with E-state index in [0.717, 1.165) is 56.2 Å². The minimum Gasteiger partial charge on any atom is -0.368 e. The first-order valence-corrected chi connectivity index (χ1v) is 12.0. The predicted octanol–water partition coefficient (Wildman–Crippen LogP) is 2.94. The number of rotatable bonds is 4. The molecule has 32 heavy (non-hydrogen) atoms. The lowest BCUT2D eigenvalue weighted by atomic mass is 9.95. The van der Waals surface area contributed by atoms with Crippen LogP contribution in [0, 0.1) is 5.92 Å². The van der Waals surface area contributed by atoms with Crippen molar-refractivity contribution >= 4 is 17.7 Å². The number of hydrogen-bond donors (Lipinski definition) is 1. The third-order valence-electron chi connectivity index (χ3n) is 7.36. The molecule has 1 aromatic heterocycles. The van der Waals surface area contributed by atoms with Crippen LogP contribution in [0.2, 0.25) is 0 Å². The fourth-order valence-corrected chi connectivity index (χ4v) is 5.32. The lowest BCUT2D eigenvalue weighted by molar-refractivity contribution is -0.133. The summed E-state index contributed by atoms with van der Waals surface area (Å²) in [7, 11) is 2.14. The normalized spacial score (nSPS) is 19.9. The zero-order valence-corrected chi connectivity index (χ0v) is 19.1. The Bertz CT molecular complexity index is 978. The number of hydrogen-bond acceptors (Lipinski definition) is 6. The van der Waals surface area contributed by atoms with Crippen LogP contribution in [-0.2, 0) is 17.8 Å². The van der Waals surface area contributed by atoms with Crippen molar-refractivity contribution in [2.24, 2.45) is 5.92 Å². The molecule has 7 nitrogen and oxygen atoms in total. The van der Waals surface area contributed by atoms with Gasteiger partial charge in [0.2, 0.25) is 11.9 Å². The number of amides is 1. The number of nitrogen functional groups attached to an aromatic ring is 1. The second-order valence-corrected chi connectivity index (χ2v) is 9.66. The number of nitrogens with zero attached hydrogens (tertiary/aromatic N) is 5. The van der Waals surface area contributed by atoms with Gasteiger partial charge in [0, 0.05) is 57.3 Å². The number of aromatic nitrogens is 2. The highest BCUT2D eigenvalue weighted by atomic mass is 16.2. The highest BCUT2D eigenvalue weighted by Crippen LogP contribution is 2.31. The van der Waals surface area contributed by atoms with Gasteiger partial charge in [-0.25, -0.2) is 4.98 Å². The molecule has 0 radical (unpaired) electrons. The van der Waals surface area contributed by atoms with Gasteiger partial charge in [0.15, 0.2) is 0 Å². The van der Waals surface area contributed by atoms with Crippen molar-refractivity contribution in [2.45, 2.75) is 45.1 Å². The van der Waals surface area contributed by atoms with Gasteiger partial charge in [-0.3, -0.25) is 4.79 Å². The zero-order chi connectivity index (χ0) is 22.1. The van der Waals surface area contributed by atoms with Crippen LogP contribution in [0.15, 0.2) is 24.3 Å². The van der Waals surface area contributed by atoms with Crippen LogP contribution >= 0.6 is 0 Å². The molecular formula is C25H34N6O. The fourth-order valence-electron chi connectivity index (χ4n) is 5.32. The van der Waals surface area contributed by atoms with Crippen molar-refractivity contribution in [3.63, 3.8) is 0 Å². The average Bonchev–Trinajstić information content (AvgIpc) is 3.31. The summed E-state index contributed by atoms with van der Waals surface area (Å²) in [4.78, 5) is 28.6. The topological polar surface area (TPSA) is 78.6 Å². The molecule has 0 spiro atoms. The molecule has 2 aromatic rings.